The van der Waals surface area contributed by atoms with Crippen molar-refractivity contribution in [3.05, 3.63) is 248 Å². The third kappa shape index (κ3) is 8.74. The molecule has 4 heterocycles. The minimum absolute atomic E-state index is 0.0447. The molecular weight excluding hydrogens is 1080 g/mol. The predicted octanol–water partition coefficient (Wildman–Crippen LogP) is 19.0. The van der Waals surface area contributed by atoms with E-state index < -0.39 is 16.1 Å². The molecule has 0 saturated heterocycles. The van der Waals surface area contributed by atoms with Crippen LogP contribution in [0.5, 0.6) is 0 Å². The summed E-state index contributed by atoms with van der Waals surface area (Å²) in [5.74, 6) is 0. The molecule has 0 atom stereocenters. The Morgan fingerprint density at radius 3 is 1.08 bits per heavy atom. The predicted molar refractivity (Wildman–Crippen MR) is 383 cm³/mol. The van der Waals surface area contributed by atoms with Gasteiger partial charge >= 0.3 is 0 Å². The average Bonchev–Trinajstić information content (AvgIpc) is 1.02. The Balaban J connectivity index is 1.05. The van der Waals surface area contributed by atoms with Crippen LogP contribution in [-0.4, -0.2) is 32.0 Å². The van der Waals surface area contributed by atoms with Crippen LogP contribution in [0.4, 0.5) is 34.1 Å². The van der Waals surface area contributed by atoms with Crippen molar-refractivity contribution in [2.75, 3.05) is 9.80 Å². The van der Waals surface area contributed by atoms with E-state index in [-0.39, 0.29) is 17.5 Å². The molecule has 0 radical (unpaired) electrons. The lowest BCUT2D eigenvalue weighted by Gasteiger charge is -2.45. The maximum absolute atomic E-state index is 2.65. The van der Waals surface area contributed by atoms with E-state index in [1.165, 1.54) is 138 Å². The van der Waals surface area contributed by atoms with Crippen LogP contribution in [0.3, 0.4) is 0 Å². The van der Waals surface area contributed by atoms with E-state index in [4.69, 9.17) is 0 Å². The minimum Gasteiger partial charge on any atom is -0.312 e. The Bertz CT molecular complexity index is 4620. The minimum atomic E-state index is -1.93. The van der Waals surface area contributed by atoms with Crippen LogP contribution in [0.1, 0.15) is 52.7 Å². The normalized spacial score (nSPS) is 13.4. The number of fused-ring (bicyclic) bond motifs is 10. The molecule has 0 amide bonds. The molecule has 0 bridgehead atoms. The van der Waals surface area contributed by atoms with Gasteiger partial charge in [0.15, 0.2) is 0 Å². The molecule has 0 unspecified atom stereocenters. The summed E-state index contributed by atoms with van der Waals surface area (Å²) in [5, 5.41) is 7.87. The smallest absolute Gasteiger partial charge is 0.252 e. The van der Waals surface area contributed by atoms with Gasteiger partial charge in [-0.1, -0.05) is 245 Å². The maximum atomic E-state index is 2.65. The van der Waals surface area contributed by atoms with E-state index in [2.05, 4.69) is 336 Å². The molecule has 87 heavy (non-hydrogen) atoms. The Morgan fingerprint density at radius 1 is 0.322 bits per heavy atom. The van der Waals surface area contributed by atoms with Crippen LogP contribution in [0.2, 0.25) is 39.3 Å². The van der Waals surface area contributed by atoms with Gasteiger partial charge in [0.1, 0.15) is 0 Å². The molecule has 0 spiro atoms. The molecule has 0 saturated carbocycles. The van der Waals surface area contributed by atoms with Crippen molar-refractivity contribution in [2.24, 2.45) is 0 Å². The molecule has 15 rings (SSSR count). The van der Waals surface area contributed by atoms with Gasteiger partial charge in [0.2, 0.25) is 0 Å². The Labute approximate surface area is 516 Å². The summed E-state index contributed by atoms with van der Waals surface area (Å²) in [6.07, 6.45) is 0. The lowest BCUT2D eigenvalue weighted by Crippen LogP contribution is -2.62. The highest BCUT2D eigenvalue weighted by Crippen LogP contribution is 2.47. The van der Waals surface area contributed by atoms with Crippen molar-refractivity contribution in [1.82, 2.24) is 9.13 Å². The highest BCUT2D eigenvalue weighted by Gasteiger charge is 2.45. The van der Waals surface area contributed by atoms with Crippen LogP contribution >= 0.6 is 0 Å². The van der Waals surface area contributed by atoms with Gasteiger partial charge in [-0.05, 0) is 133 Å². The zero-order valence-corrected chi connectivity index (χ0v) is 54.4. The summed E-state index contributed by atoms with van der Waals surface area (Å²) in [6.45, 7) is 28.6. The number of benzene rings is 11. The first-order valence-corrected chi connectivity index (χ1v) is 38.2. The van der Waals surface area contributed by atoms with E-state index in [0.29, 0.717) is 0 Å². The number of anilines is 6. The molecular formula is C80H75BN4Si2. The molecule has 7 heteroatoms. The molecule has 2 aromatic heterocycles. The average molecular weight is 1160 g/mol. The first kappa shape index (κ1) is 54.7. The van der Waals surface area contributed by atoms with Gasteiger partial charge in [0.25, 0.3) is 6.71 Å². The first-order valence-electron chi connectivity index (χ1n) is 31.2. The Kier molecular flexibility index (Phi) is 12.5. The van der Waals surface area contributed by atoms with E-state index in [0.717, 1.165) is 11.4 Å². The van der Waals surface area contributed by atoms with E-state index in [1.54, 1.807) is 0 Å². The Morgan fingerprint density at radius 2 is 0.678 bits per heavy atom. The molecule has 0 aliphatic carbocycles. The summed E-state index contributed by atoms with van der Waals surface area (Å²) in [5.41, 5.74) is 26.0. The second-order valence-electron chi connectivity index (χ2n) is 28.6. The van der Waals surface area contributed by atoms with Gasteiger partial charge in [-0.25, -0.2) is 0 Å². The maximum Gasteiger partial charge on any atom is 0.252 e. The lowest BCUT2D eigenvalue weighted by molar-refractivity contribution is 0.590. The Hall–Kier alpha value is -8.88. The largest absolute Gasteiger partial charge is 0.312 e. The van der Waals surface area contributed by atoms with Crippen LogP contribution in [0.15, 0.2) is 237 Å². The van der Waals surface area contributed by atoms with Crippen molar-refractivity contribution < 1.29 is 0 Å². The number of nitrogens with zero attached hydrogens (tertiary/aromatic N) is 4. The SMILES string of the molecule is CC(C)(C)c1ccc(-c2cccc3c4ccccc4n(-c4ccc5c(c4)B4c6cc(-n7c8ccccc8c8cccc(-c9ccc(C(C)(C)C)cc9)c87)ccc6N(c6ccccc6[Si](C)(C)C)c6cccc(c64)N5c4ccccc4[Si](C)(C)C)c23)cc1. The highest BCUT2D eigenvalue weighted by atomic mass is 28.3. The molecule has 4 nitrogen and oxygen atoms in total. The molecule has 13 aromatic rings. The third-order valence-corrected chi connectivity index (χ3v) is 23.0. The van der Waals surface area contributed by atoms with Gasteiger partial charge in [0, 0.05) is 78.2 Å². The molecule has 0 N–H and O–H groups in total. The summed E-state index contributed by atoms with van der Waals surface area (Å²) in [6, 6.07) is 91.1. The van der Waals surface area contributed by atoms with Crippen LogP contribution < -0.4 is 36.6 Å². The van der Waals surface area contributed by atoms with Crippen molar-refractivity contribution in [3.8, 4) is 33.6 Å². The summed E-state index contributed by atoms with van der Waals surface area (Å²) in [4.78, 5) is 5.30. The van der Waals surface area contributed by atoms with Gasteiger partial charge in [-0.2, -0.15) is 0 Å². The monoisotopic (exact) mass is 1160 g/mol. The van der Waals surface area contributed by atoms with Gasteiger partial charge in [-0.3, -0.25) is 0 Å². The fraction of sp³-hybridized carbons (Fsp3) is 0.175. The summed E-state index contributed by atoms with van der Waals surface area (Å²) in [7, 11) is -3.86. The van der Waals surface area contributed by atoms with Gasteiger partial charge < -0.3 is 18.9 Å². The fourth-order valence-electron chi connectivity index (χ4n) is 14.7. The quantitative estimate of drug-likeness (QED) is 0.141. The zero-order chi connectivity index (χ0) is 60.1. The topological polar surface area (TPSA) is 16.3 Å². The number of hydrogen-bond acceptors (Lipinski definition) is 2. The fourth-order valence-corrected chi connectivity index (χ4v) is 17.8. The summed E-state index contributed by atoms with van der Waals surface area (Å²) >= 11 is 0. The lowest BCUT2D eigenvalue weighted by atomic mass is 9.33. The molecule has 426 valence electrons. The van der Waals surface area contributed by atoms with Crippen molar-refractivity contribution in [3.63, 3.8) is 0 Å². The number of rotatable bonds is 8. The standard InChI is InChI=1S/C80H75BN4Si2/c1-79(2,3)54-42-38-52(39-43-54)58-26-21-28-62-60-24-13-15-30-66(60)82(77(58)62)56-46-48-68-64(50-56)81-65-51-57(83-67-31-16-14-25-61(67)63-29-22-27-59(78(63)83)53-40-44-55(45-41-53)80(4,5)6)47-49-69(65)85(71-33-18-20-37-75(71)87(10,11)12)73-35-23-34-72(76(73)81)84(68)70-32-17-19-36-74(70)86(7,8)9/h13-51H,1-12H3. The highest BCUT2D eigenvalue weighted by molar-refractivity contribution is 7.00. The molecule has 11 aromatic carbocycles. The summed E-state index contributed by atoms with van der Waals surface area (Å²) < 4.78 is 5.15. The second kappa shape index (κ2) is 19.8. The second-order valence-corrected chi connectivity index (χ2v) is 38.7. The number of para-hydroxylation sites is 6. The third-order valence-electron chi connectivity index (χ3n) is 18.9. The van der Waals surface area contributed by atoms with Crippen LogP contribution in [0.25, 0.3) is 77.2 Å². The van der Waals surface area contributed by atoms with E-state index in [1.807, 2.05) is 0 Å². The van der Waals surface area contributed by atoms with E-state index in [9.17, 15) is 0 Å². The van der Waals surface area contributed by atoms with Crippen molar-refractivity contribution in [2.45, 2.75) is 91.7 Å². The molecule has 2 aliphatic heterocycles. The zero-order valence-electron chi connectivity index (χ0n) is 52.4. The van der Waals surface area contributed by atoms with E-state index >= 15 is 0 Å². The van der Waals surface area contributed by atoms with Crippen LogP contribution in [-0.2, 0) is 10.8 Å². The number of hydrogen-bond donors (Lipinski definition) is 0. The number of aromatic nitrogens is 2. The van der Waals surface area contributed by atoms with Crippen molar-refractivity contribution in [1.29, 1.82) is 0 Å². The molecule has 0 fully saturated rings. The first-order chi connectivity index (χ1) is 41.7. The van der Waals surface area contributed by atoms with Gasteiger partial charge in [0.05, 0.1) is 38.2 Å². The molecule has 2 aliphatic rings. The van der Waals surface area contributed by atoms with Gasteiger partial charge in [-0.15, -0.1) is 0 Å². The van der Waals surface area contributed by atoms with Crippen LogP contribution in [0, 0.1) is 0 Å². The van der Waals surface area contributed by atoms with Crippen molar-refractivity contribution >= 4 is 127 Å².